The van der Waals surface area contributed by atoms with E-state index in [4.69, 9.17) is 17.0 Å². The van der Waals surface area contributed by atoms with E-state index >= 15 is 0 Å². The highest BCUT2D eigenvalue weighted by atomic mass is 79.9. The monoisotopic (exact) mass is 277 g/mol. The van der Waals surface area contributed by atoms with Crippen molar-refractivity contribution < 1.29 is 4.74 Å². The molecule has 0 saturated carbocycles. The average Bonchev–Trinajstić information content (AvgIpc) is 2.01. The topological polar surface area (TPSA) is 21.6 Å². The highest BCUT2D eigenvalue weighted by molar-refractivity contribution is 9.09. The summed E-state index contributed by atoms with van der Waals surface area (Å²) >= 11 is 8.69. The van der Waals surface area contributed by atoms with Crippen molar-refractivity contribution in [3.8, 4) is 0 Å². The first kappa shape index (κ1) is 12.3. The van der Waals surface area contributed by atoms with Crippen LogP contribution in [0.4, 0.5) is 0 Å². The second-order valence-corrected chi connectivity index (χ2v) is 5.75. The van der Waals surface area contributed by atoms with Crippen molar-refractivity contribution >= 4 is 39.4 Å². The minimum atomic E-state index is -0.0239. The van der Waals surface area contributed by atoms with Crippen LogP contribution in [0.2, 0.25) is 0 Å². The summed E-state index contributed by atoms with van der Waals surface area (Å²) in [4.78, 5) is 5.11. The van der Waals surface area contributed by atoms with Gasteiger partial charge in [0.05, 0.1) is 18.6 Å². The molecule has 1 aliphatic heterocycles. The Bertz CT molecular complexity index is 248. The van der Waals surface area contributed by atoms with Crippen LogP contribution in [-0.2, 0) is 4.74 Å². The van der Waals surface area contributed by atoms with Gasteiger partial charge in [0, 0.05) is 17.0 Å². The summed E-state index contributed by atoms with van der Waals surface area (Å²) in [5.41, 5.74) is 0.0548. The van der Waals surface area contributed by atoms with Gasteiger partial charge < -0.3 is 4.74 Å². The number of hydrogen-bond donors (Lipinski definition) is 0. The zero-order chi connectivity index (χ0) is 10.8. The van der Waals surface area contributed by atoms with E-state index in [-0.39, 0.29) is 10.8 Å². The molecule has 0 unspecified atom stereocenters. The molecular formula is C10H16BrNOS. The van der Waals surface area contributed by atoms with E-state index in [0.717, 1.165) is 23.5 Å². The molecule has 0 atom stereocenters. The van der Waals surface area contributed by atoms with Gasteiger partial charge in [0.25, 0.3) is 0 Å². The van der Waals surface area contributed by atoms with Gasteiger partial charge in [-0.15, -0.1) is 0 Å². The Labute approximate surface area is 99.3 Å². The van der Waals surface area contributed by atoms with Crippen molar-refractivity contribution in [2.45, 2.75) is 20.8 Å². The standard InChI is InChI=1S/C10H16BrNOS/c1-9(2,3)8(14)12-5-10(4-11)6-13-7-10/h5H,4,6-7H2,1-3H3. The minimum Gasteiger partial charge on any atom is -0.379 e. The first-order valence-corrected chi connectivity index (χ1v) is 6.16. The zero-order valence-corrected chi connectivity index (χ0v) is 11.2. The number of thiocarbonyl (C=S) groups is 1. The van der Waals surface area contributed by atoms with Crippen LogP contribution in [0, 0.1) is 10.8 Å². The molecule has 4 heteroatoms. The maximum atomic E-state index is 5.23. The predicted molar refractivity (Wildman–Crippen MR) is 67.6 cm³/mol. The fraction of sp³-hybridized carbons (Fsp3) is 0.800. The lowest BCUT2D eigenvalue weighted by molar-refractivity contribution is -0.0519. The summed E-state index contributed by atoms with van der Waals surface area (Å²) in [6.07, 6.45) is 1.94. The number of alkyl halides is 1. The Kier molecular flexibility index (Phi) is 3.83. The highest BCUT2D eigenvalue weighted by Gasteiger charge is 2.36. The van der Waals surface area contributed by atoms with Gasteiger partial charge in [0.15, 0.2) is 0 Å². The summed E-state index contributed by atoms with van der Waals surface area (Å²) in [6, 6.07) is 0. The number of ether oxygens (including phenoxy) is 1. The molecule has 2 nitrogen and oxygen atoms in total. The van der Waals surface area contributed by atoms with E-state index in [9.17, 15) is 0 Å². The van der Waals surface area contributed by atoms with Crippen molar-refractivity contribution in [1.29, 1.82) is 0 Å². The van der Waals surface area contributed by atoms with Crippen molar-refractivity contribution in [1.82, 2.24) is 0 Å². The molecule has 1 heterocycles. The van der Waals surface area contributed by atoms with Gasteiger partial charge in [-0.2, -0.15) is 0 Å². The Hall–Kier alpha value is 0.200. The molecule has 0 amide bonds. The van der Waals surface area contributed by atoms with Crippen LogP contribution in [0.25, 0.3) is 0 Å². The quantitative estimate of drug-likeness (QED) is 0.440. The van der Waals surface area contributed by atoms with Crippen LogP contribution in [0.3, 0.4) is 0 Å². The molecule has 0 spiro atoms. The summed E-state index contributed by atoms with van der Waals surface area (Å²) < 4.78 is 5.18. The third kappa shape index (κ3) is 2.84. The number of hydrogen-bond acceptors (Lipinski definition) is 2. The maximum absolute atomic E-state index is 5.23. The van der Waals surface area contributed by atoms with Gasteiger partial charge in [0.2, 0.25) is 0 Å². The van der Waals surface area contributed by atoms with E-state index < -0.39 is 0 Å². The molecule has 80 valence electrons. The molecule has 0 aromatic heterocycles. The van der Waals surface area contributed by atoms with Crippen LogP contribution < -0.4 is 0 Å². The predicted octanol–water partition coefficient (Wildman–Crippen LogP) is 2.84. The van der Waals surface area contributed by atoms with Gasteiger partial charge in [-0.25, -0.2) is 0 Å². The van der Waals surface area contributed by atoms with E-state index in [1.807, 2.05) is 6.21 Å². The number of rotatable bonds is 2. The average molecular weight is 278 g/mol. The minimum absolute atomic E-state index is 0.0239. The molecule has 0 N–H and O–H groups in total. The Morgan fingerprint density at radius 3 is 2.43 bits per heavy atom. The molecule has 1 saturated heterocycles. The van der Waals surface area contributed by atoms with Gasteiger partial charge in [0.1, 0.15) is 4.99 Å². The molecule has 0 aromatic rings. The van der Waals surface area contributed by atoms with Crippen molar-refractivity contribution in [2.75, 3.05) is 18.5 Å². The Morgan fingerprint density at radius 2 is 2.14 bits per heavy atom. The third-order valence-electron chi connectivity index (χ3n) is 2.14. The van der Waals surface area contributed by atoms with E-state index in [0.29, 0.717) is 0 Å². The first-order chi connectivity index (χ1) is 6.40. The molecule has 0 aliphatic carbocycles. The zero-order valence-electron chi connectivity index (χ0n) is 8.84. The molecular weight excluding hydrogens is 262 g/mol. The summed E-state index contributed by atoms with van der Waals surface area (Å²) in [6.45, 7) is 7.71. The second kappa shape index (κ2) is 4.37. The van der Waals surface area contributed by atoms with E-state index in [1.165, 1.54) is 0 Å². The summed E-state index contributed by atoms with van der Waals surface area (Å²) in [5.74, 6) is 0. The first-order valence-electron chi connectivity index (χ1n) is 4.63. The van der Waals surface area contributed by atoms with Crippen LogP contribution in [0.1, 0.15) is 20.8 Å². The number of aliphatic imine (C=N–C) groups is 1. The van der Waals surface area contributed by atoms with Crippen LogP contribution >= 0.6 is 28.1 Å². The van der Waals surface area contributed by atoms with Crippen LogP contribution in [-0.4, -0.2) is 29.7 Å². The van der Waals surface area contributed by atoms with Crippen LogP contribution in [0.5, 0.6) is 0 Å². The largest absolute Gasteiger partial charge is 0.379 e. The second-order valence-electron chi connectivity index (χ2n) is 4.80. The van der Waals surface area contributed by atoms with Crippen molar-refractivity contribution in [3.63, 3.8) is 0 Å². The molecule has 0 bridgehead atoms. The molecule has 0 aromatic carbocycles. The molecule has 14 heavy (non-hydrogen) atoms. The molecule has 1 fully saturated rings. The van der Waals surface area contributed by atoms with E-state index in [1.54, 1.807) is 0 Å². The van der Waals surface area contributed by atoms with Gasteiger partial charge in [-0.1, -0.05) is 48.9 Å². The smallest absolute Gasteiger partial charge is 0.108 e. The Balaban J connectivity index is 2.59. The normalized spacial score (nSPS) is 20.9. The number of halogens is 1. The van der Waals surface area contributed by atoms with Crippen molar-refractivity contribution in [3.05, 3.63) is 0 Å². The summed E-state index contributed by atoms with van der Waals surface area (Å²) in [7, 11) is 0. The lowest BCUT2D eigenvalue weighted by Gasteiger charge is -2.36. The number of nitrogens with zero attached hydrogens (tertiary/aromatic N) is 1. The van der Waals surface area contributed by atoms with Gasteiger partial charge in [-0.3, -0.25) is 4.99 Å². The summed E-state index contributed by atoms with van der Waals surface area (Å²) in [5, 5.41) is 0.885. The lowest BCUT2D eigenvalue weighted by atomic mass is 9.90. The van der Waals surface area contributed by atoms with Gasteiger partial charge in [-0.05, 0) is 0 Å². The van der Waals surface area contributed by atoms with Gasteiger partial charge >= 0.3 is 0 Å². The maximum Gasteiger partial charge on any atom is 0.108 e. The fourth-order valence-corrected chi connectivity index (χ4v) is 1.46. The molecule has 1 aliphatic rings. The third-order valence-corrected chi connectivity index (χ3v) is 3.98. The van der Waals surface area contributed by atoms with Crippen LogP contribution in [0.15, 0.2) is 4.99 Å². The SMILES string of the molecule is CC(C)(C)C(=S)N=CC1(CBr)COC1. The Morgan fingerprint density at radius 1 is 1.57 bits per heavy atom. The van der Waals surface area contributed by atoms with Crippen molar-refractivity contribution in [2.24, 2.45) is 15.8 Å². The highest BCUT2D eigenvalue weighted by Crippen LogP contribution is 2.28. The fourth-order valence-electron chi connectivity index (χ4n) is 0.940. The molecule has 1 rings (SSSR count). The van der Waals surface area contributed by atoms with E-state index in [2.05, 4.69) is 41.7 Å². The molecule has 0 radical (unpaired) electrons. The lowest BCUT2D eigenvalue weighted by Crippen LogP contribution is -2.45.